The summed E-state index contributed by atoms with van der Waals surface area (Å²) < 4.78 is 40.2. The SMILES string of the molecule is Cc1cc(C)c(-c2csc(NC(=O)COCC(F)(F)F)n2)cc1C. The summed E-state index contributed by atoms with van der Waals surface area (Å²) in [6, 6.07) is 4.09. The second kappa shape index (κ2) is 7.31. The number of amides is 1. The Balaban J connectivity index is 2.01. The van der Waals surface area contributed by atoms with Crippen LogP contribution >= 0.6 is 11.3 Å². The number of nitrogens with zero attached hydrogens (tertiary/aromatic N) is 1. The number of aryl methyl sites for hydroxylation is 3. The van der Waals surface area contributed by atoms with Gasteiger partial charge in [-0.3, -0.25) is 10.1 Å². The number of nitrogens with one attached hydrogen (secondary N) is 1. The fourth-order valence-electron chi connectivity index (χ4n) is 2.11. The molecule has 0 bridgehead atoms. The summed E-state index contributed by atoms with van der Waals surface area (Å²) in [6.07, 6.45) is -4.45. The zero-order chi connectivity index (χ0) is 17.9. The maximum Gasteiger partial charge on any atom is 0.411 e. The maximum absolute atomic E-state index is 12.0. The van der Waals surface area contributed by atoms with Crippen LogP contribution in [0.15, 0.2) is 17.5 Å². The number of rotatable bonds is 5. The van der Waals surface area contributed by atoms with E-state index in [9.17, 15) is 18.0 Å². The average molecular weight is 358 g/mol. The minimum atomic E-state index is -4.45. The molecule has 0 aliphatic rings. The van der Waals surface area contributed by atoms with Gasteiger partial charge in [-0.2, -0.15) is 13.2 Å². The molecule has 1 N–H and O–H groups in total. The molecule has 0 aliphatic heterocycles. The van der Waals surface area contributed by atoms with E-state index in [0.29, 0.717) is 10.8 Å². The van der Waals surface area contributed by atoms with Gasteiger partial charge in [0.15, 0.2) is 5.13 Å². The van der Waals surface area contributed by atoms with Gasteiger partial charge in [0.2, 0.25) is 0 Å². The number of hydrogen-bond donors (Lipinski definition) is 1. The molecule has 0 aliphatic carbocycles. The molecule has 1 amide bonds. The molecule has 0 saturated carbocycles. The Kier molecular flexibility index (Phi) is 5.61. The molecule has 24 heavy (non-hydrogen) atoms. The number of carbonyl (C=O) groups is 1. The van der Waals surface area contributed by atoms with Crippen LogP contribution in [0.3, 0.4) is 0 Å². The third-order valence-electron chi connectivity index (χ3n) is 3.37. The molecule has 1 aromatic heterocycles. The van der Waals surface area contributed by atoms with Gasteiger partial charge < -0.3 is 4.74 Å². The van der Waals surface area contributed by atoms with E-state index >= 15 is 0 Å². The number of hydrogen-bond acceptors (Lipinski definition) is 4. The normalized spacial score (nSPS) is 11.6. The molecule has 1 aromatic carbocycles. The van der Waals surface area contributed by atoms with Crippen LogP contribution in [0.4, 0.5) is 18.3 Å². The van der Waals surface area contributed by atoms with Crippen LogP contribution in [0.1, 0.15) is 16.7 Å². The summed E-state index contributed by atoms with van der Waals surface area (Å²) in [4.78, 5) is 15.9. The van der Waals surface area contributed by atoms with Crippen molar-refractivity contribution in [3.05, 3.63) is 34.2 Å². The largest absolute Gasteiger partial charge is 0.411 e. The van der Waals surface area contributed by atoms with E-state index in [2.05, 4.69) is 21.1 Å². The Labute approximate surface area is 141 Å². The lowest BCUT2D eigenvalue weighted by Crippen LogP contribution is -2.23. The first-order valence-corrected chi connectivity index (χ1v) is 8.02. The van der Waals surface area contributed by atoms with Gasteiger partial charge in [0, 0.05) is 10.9 Å². The standard InChI is InChI=1S/C16H17F3N2O2S/c1-9-4-11(3)12(5-10(9)2)13-7-24-15(20-13)21-14(22)6-23-8-16(17,18)19/h4-5,7H,6,8H2,1-3H3,(H,20,21,22). The Morgan fingerprint density at radius 2 is 1.88 bits per heavy atom. The van der Waals surface area contributed by atoms with Gasteiger partial charge in [-0.25, -0.2) is 4.98 Å². The molecule has 0 atom stereocenters. The molecule has 2 aromatic rings. The van der Waals surface area contributed by atoms with Gasteiger partial charge in [0.25, 0.3) is 5.91 Å². The predicted octanol–water partition coefficient (Wildman–Crippen LogP) is 4.25. The van der Waals surface area contributed by atoms with E-state index in [1.807, 2.05) is 26.8 Å². The Morgan fingerprint density at radius 3 is 2.54 bits per heavy atom. The van der Waals surface area contributed by atoms with Crippen molar-refractivity contribution in [1.29, 1.82) is 0 Å². The average Bonchev–Trinajstić information content (AvgIpc) is 2.89. The summed E-state index contributed by atoms with van der Waals surface area (Å²) >= 11 is 1.21. The summed E-state index contributed by atoms with van der Waals surface area (Å²) in [7, 11) is 0. The molecule has 2 rings (SSSR count). The van der Waals surface area contributed by atoms with Crippen molar-refractivity contribution in [2.24, 2.45) is 0 Å². The number of thiazole rings is 1. The van der Waals surface area contributed by atoms with E-state index in [4.69, 9.17) is 0 Å². The fraction of sp³-hybridized carbons (Fsp3) is 0.375. The number of halogens is 3. The Morgan fingerprint density at radius 1 is 1.21 bits per heavy atom. The van der Waals surface area contributed by atoms with Crippen molar-refractivity contribution in [3.8, 4) is 11.3 Å². The molecule has 130 valence electrons. The van der Waals surface area contributed by atoms with Crippen molar-refractivity contribution < 1.29 is 22.7 Å². The van der Waals surface area contributed by atoms with Gasteiger partial charge in [0.1, 0.15) is 13.2 Å². The van der Waals surface area contributed by atoms with Crippen LogP contribution in [-0.2, 0) is 9.53 Å². The van der Waals surface area contributed by atoms with Crippen molar-refractivity contribution in [1.82, 2.24) is 4.98 Å². The van der Waals surface area contributed by atoms with Crippen molar-refractivity contribution in [2.75, 3.05) is 18.5 Å². The van der Waals surface area contributed by atoms with E-state index in [1.54, 1.807) is 5.38 Å². The van der Waals surface area contributed by atoms with Crippen LogP contribution in [0.25, 0.3) is 11.3 Å². The zero-order valence-corrected chi connectivity index (χ0v) is 14.3. The summed E-state index contributed by atoms with van der Waals surface area (Å²) in [5.41, 5.74) is 5.06. The smallest absolute Gasteiger partial charge is 0.362 e. The zero-order valence-electron chi connectivity index (χ0n) is 13.5. The first kappa shape index (κ1) is 18.4. The topological polar surface area (TPSA) is 51.2 Å². The molecule has 4 nitrogen and oxygen atoms in total. The molecular formula is C16H17F3N2O2S. The van der Waals surface area contributed by atoms with E-state index < -0.39 is 25.3 Å². The number of alkyl halides is 3. The van der Waals surface area contributed by atoms with Crippen LogP contribution in [-0.4, -0.2) is 30.3 Å². The molecule has 1 heterocycles. The number of anilines is 1. The number of carbonyl (C=O) groups excluding carboxylic acids is 1. The maximum atomic E-state index is 12.0. The molecule has 0 radical (unpaired) electrons. The quantitative estimate of drug-likeness (QED) is 0.869. The van der Waals surface area contributed by atoms with Gasteiger partial charge in [-0.15, -0.1) is 11.3 Å². The predicted molar refractivity (Wildman–Crippen MR) is 87.3 cm³/mol. The van der Waals surface area contributed by atoms with Gasteiger partial charge in [0.05, 0.1) is 5.69 Å². The number of ether oxygens (including phenoxy) is 1. The lowest BCUT2D eigenvalue weighted by Gasteiger charge is -2.08. The molecule has 0 unspecified atom stereocenters. The van der Waals surface area contributed by atoms with E-state index in [1.165, 1.54) is 16.9 Å². The highest BCUT2D eigenvalue weighted by Crippen LogP contribution is 2.29. The molecule has 0 spiro atoms. The molecule has 0 saturated heterocycles. The van der Waals surface area contributed by atoms with E-state index in [-0.39, 0.29) is 0 Å². The number of benzene rings is 1. The first-order valence-electron chi connectivity index (χ1n) is 7.14. The second-order valence-corrected chi connectivity index (χ2v) is 6.30. The monoisotopic (exact) mass is 358 g/mol. The van der Waals surface area contributed by atoms with Crippen LogP contribution in [0.2, 0.25) is 0 Å². The van der Waals surface area contributed by atoms with Gasteiger partial charge in [-0.05, 0) is 43.5 Å². The minimum Gasteiger partial charge on any atom is -0.362 e. The minimum absolute atomic E-state index is 0.322. The fourth-order valence-corrected chi connectivity index (χ4v) is 2.83. The Bertz CT molecular complexity index is 741. The number of aromatic nitrogens is 1. The Hall–Kier alpha value is -1.93. The third-order valence-corrected chi connectivity index (χ3v) is 4.12. The summed E-state index contributed by atoms with van der Waals surface area (Å²) in [5.74, 6) is -0.669. The van der Waals surface area contributed by atoms with Gasteiger partial charge in [-0.1, -0.05) is 6.07 Å². The third kappa shape index (κ3) is 5.04. The molecular weight excluding hydrogens is 341 g/mol. The van der Waals surface area contributed by atoms with Crippen LogP contribution in [0.5, 0.6) is 0 Å². The van der Waals surface area contributed by atoms with Crippen molar-refractivity contribution in [2.45, 2.75) is 26.9 Å². The highest BCUT2D eigenvalue weighted by atomic mass is 32.1. The van der Waals surface area contributed by atoms with Crippen LogP contribution in [0, 0.1) is 20.8 Å². The lowest BCUT2D eigenvalue weighted by molar-refractivity contribution is -0.174. The molecule has 0 fully saturated rings. The summed E-state index contributed by atoms with van der Waals surface area (Å²) in [5, 5.41) is 4.56. The highest BCUT2D eigenvalue weighted by Gasteiger charge is 2.27. The van der Waals surface area contributed by atoms with E-state index in [0.717, 1.165) is 16.7 Å². The summed E-state index contributed by atoms with van der Waals surface area (Å²) in [6.45, 7) is 3.89. The first-order chi connectivity index (χ1) is 11.2. The van der Waals surface area contributed by atoms with Crippen molar-refractivity contribution >= 4 is 22.4 Å². The van der Waals surface area contributed by atoms with Crippen molar-refractivity contribution in [3.63, 3.8) is 0 Å². The second-order valence-electron chi connectivity index (χ2n) is 5.45. The van der Waals surface area contributed by atoms with Crippen LogP contribution < -0.4 is 5.32 Å². The lowest BCUT2D eigenvalue weighted by atomic mass is 9.99. The molecule has 8 heteroatoms. The highest BCUT2D eigenvalue weighted by molar-refractivity contribution is 7.14. The van der Waals surface area contributed by atoms with Gasteiger partial charge >= 0.3 is 6.18 Å².